The Hall–Kier alpha value is -0.120. The molecule has 1 heterocycles. The number of piperazine rings is 1. The summed E-state index contributed by atoms with van der Waals surface area (Å²) in [4.78, 5) is 2.59. The van der Waals surface area contributed by atoms with Crippen LogP contribution in [0.3, 0.4) is 0 Å². The summed E-state index contributed by atoms with van der Waals surface area (Å²) >= 11 is 0. The molecule has 0 unspecified atom stereocenters. The summed E-state index contributed by atoms with van der Waals surface area (Å²) in [6.07, 6.45) is 7.04. The molecule has 0 bridgehead atoms. The number of nitrogens with zero attached hydrogens (tertiary/aromatic N) is 1. The molecule has 0 radical (unpaired) electrons. The molecule has 1 aliphatic heterocycles. The second-order valence-corrected chi connectivity index (χ2v) is 7.09. The van der Waals surface area contributed by atoms with Crippen molar-refractivity contribution in [1.29, 1.82) is 0 Å². The van der Waals surface area contributed by atoms with E-state index in [1.54, 1.807) is 0 Å². The van der Waals surface area contributed by atoms with Crippen LogP contribution in [0.5, 0.6) is 0 Å². The second-order valence-electron chi connectivity index (χ2n) is 7.09. The third kappa shape index (κ3) is 5.05. The van der Waals surface area contributed by atoms with Crippen molar-refractivity contribution in [1.82, 2.24) is 15.5 Å². The topological polar surface area (TPSA) is 27.3 Å². The van der Waals surface area contributed by atoms with Crippen molar-refractivity contribution >= 4 is 0 Å². The van der Waals surface area contributed by atoms with Crippen LogP contribution >= 0.6 is 0 Å². The Balaban J connectivity index is 1.45. The lowest BCUT2D eigenvalue weighted by molar-refractivity contribution is 0.119. The second kappa shape index (κ2) is 7.61. The predicted octanol–water partition coefficient (Wildman–Crippen LogP) is 2.09. The number of nitrogens with one attached hydrogen (secondary N) is 2. The fourth-order valence-electron chi connectivity index (χ4n) is 3.26. The number of hydrogen-bond acceptors (Lipinski definition) is 3. The van der Waals surface area contributed by atoms with Crippen LogP contribution in [0.15, 0.2) is 0 Å². The van der Waals surface area contributed by atoms with Gasteiger partial charge in [0.25, 0.3) is 0 Å². The summed E-state index contributed by atoms with van der Waals surface area (Å²) in [5.41, 5.74) is 0.511. The Bertz CT molecular complexity index is 242. The molecular weight excluding hydrogens is 234 g/mol. The molecule has 2 N–H and O–H groups in total. The first-order chi connectivity index (χ1) is 9.18. The number of hydrogen-bond donors (Lipinski definition) is 2. The first-order valence-corrected chi connectivity index (χ1v) is 8.32. The van der Waals surface area contributed by atoms with Gasteiger partial charge in [0.1, 0.15) is 0 Å². The zero-order chi connectivity index (χ0) is 13.6. The highest BCUT2D eigenvalue weighted by Gasteiger charge is 2.33. The molecule has 3 heteroatoms. The van der Waals surface area contributed by atoms with E-state index in [9.17, 15) is 0 Å². The SMILES string of the molecule is CC(C)(CNCCCCN1CCNCC1)C1CCC1. The van der Waals surface area contributed by atoms with Crippen molar-refractivity contribution in [3.63, 3.8) is 0 Å². The maximum atomic E-state index is 3.68. The Labute approximate surface area is 119 Å². The van der Waals surface area contributed by atoms with Crippen molar-refractivity contribution in [2.24, 2.45) is 11.3 Å². The molecule has 0 aromatic heterocycles. The molecule has 0 aromatic carbocycles. The van der Waals surface area contributed by atoms with E-state index in [0.717, 1.165) is 5.92 Å². The minimum Gasteiger partial charge on any atom is -0.316 e. The molecule has 1 saturated carbocycles. The van der Waals surface area contributed by atoms with Crippen LogP contribution in [0.25, 0.3) is 0 Å². The molecule has 2 rings (SSSR count). The maximum absolute atomic E-state index is 3.68. The van der Waals surface area contributed by atoms with Gasteiger partial charge in [0.05, 0.1) is 0 Å². The van der Waals surface area contributed by atoms with Crippen molar-refractivity contribution in [3.8, 4) is 0 Å². The normalized spacial score (nSPS) is 22.4. The van der Waals surface area contributed by atoms with Gasteiger partial charge in [-0.15, -0.1) is 0 Å². The minimum absolute atomic E-state index is 0.511. The van der Waals surface area contributed by atoms with Crippen molar-refractivity contribution in [3.05, 3.63) is 0 Å². The van der Waals surface area contributed by atoms with Gasteiger partial charge in [-0.3, -0.25) is 0 Å². The monoisotopic (exact) mass is 267 g/mol. The van der Waals surface area contributed by atoms with E-state index < -0.39 is 0 Å². The summed E-state index contributed by atoms with van der Waals surface area (Å²) in [7, 11) is 0. The standard InChI is InChI=1S/C16H33N3/c1-16(2,15-6-5-7-15)14-18-8-3-4-11-19-12-9-17-10-13-19/h15,17-18H,3-14H2,1-2H3. The largest absolute Gasteiger partial charge is 0.316 e. The Morgan fingerprint density at radius 3 is 2.53 bits per heavy atom. The van der Waals surface area contributed by atoms with Gasteiger partial charge in [0.15, 0.2) is 0 Å². The van der Waals surface area contributed by atoms with Gasteiger partial charge in [0, 0.05) is 32.7 Å². The van der Waals surface area contributed by atoms with Crippen LogP contribution < -0.4 is 10.6 Å². The van der Waals surface area contributed by atoms with Gasteiger partial charge in [-0.2, -0.15) is 0 Å². The van der Waals surface area contributed by atoms with Gasteiger partial charge in [0.2, 0.25) is 0 Å². The molecule has 2 fully saturated rings. The zero-order valence-corrected chi connectivity index (χ0v) is 13.0. The molecule has 2 aliphatic rings. The van der Waals surface area contributed by atoms with Crippen LogP contribution in [0.1, 0.15) is 46.0 Å². The third-order valence-corrected chi connectivity index (χ3v) is 5.08. The summed E-state index contributed by atoms with van der Waals surface area (Å²) in [6, 6.07) is 0. The summed E-state index contributed by atoms with van der Waals surface area (Å²) in [6.45, 7) is 13.4. The first-order valence-electron chi connectivity index (χ1n) is 8.32. The van der Waals surface area contributed by atoms with Gasteiger partial charge < -0.3 is 15.5 Å². The number of rotatable bonds is 8. The highest BCUT2D eigenvalue weighted by Crippen LogP contribution is 2.41. The quantitative estimate of drug-likeness (QED) is 0.660. The highest BCUT2D eigenvalue weighted by molar-refractivity contribution is 4.85. The molecule has 1 aliphatic carbocycles. The average Bonchev–Trinajstić information content (AvgIpc) is 2.32. The zero-order valence-electron chi connectivity index (χ0n) is 13.0. The molecule has 1 saturated heterocycles. The van der Waals surface area contributed by atoms with Gasteiger partial charge >= 0.3 is 0 Å². The van der Waals surface area contributed by atoms with Gasteiger partial charge in [-0.25, -0.2) is 0 Å². The van der Waals surface area contributed by atoms with Gasteiger partial charge in [-0.1, -0.05) is 20.3 Å². The van der Waals surface area contributed by atoms with E-state index >= 15 is 0 Å². The number of unbranched alkanes of at least 4 members (excludes halogenated alkanes) is 1. The van der Waals surface area contributed by atoms with Crippen molar-refractivity contribution < 1.29 is 0 Å². The molecular formula is C16H33N3. The van der Waals surface area contributed by atoms with E-state index in [2.05, 4.69) is 29.4 Å². The van der Waals surface area contributed by atoms with Crippen molar-refractivity contribution in [2.45, 2.75) is 46.0 Å². The fourth-order valence-corrected chi connectivity index (χ4v) is 3.26. The Morgan fingerprint density at radius 2 is 1.89 bits per heavy atom. The lowest BCUT2D eigenvalue weighted by Crippen LogP contribution is -2.43. The molecule has 3 nitrogen and oxygen atoms in total. The third-order valence-electron chi connectivity index (χ3n) is 5.08. The molecule has 112 valence electrons. The van der Waals surface area contributed by atoms with Crippen LogP contribution in [-0.4, -0.2) is 50.7 Å². The summed E-state index contributed by atoms with van der Waals surface area (Å²) in [5, 5.41) is 7.09. The van der Waals surface area contributed by atoms with Gasteiger partial charge in [-0.05, 0) is 50.1 Å². The van der Waals surface area contributed by atoms with E-state index in [0.29, 0.717) is 5.41 Å². The minimum atomic E-state index is 0.511. The molecule has 0 spiro atoms. The predicted molar refractivity (Wildman–Crippen MR) is 82.5 cm³/mol. The van der Waals surface area contributed by atoms with Crippen molar-refractivity contribution in [2.75, 3.05) is 45.8 Å². The average molecular weight is 267 g/mol. The maximum Gasteiger partial charge on any atom is 0.0107 e. The molecule has 0 amide bonds. The Morgan fingerprint density at radius 1 is 1.16 bits per heavy atom. The molecule has 0 atom stereocenters. The molecule has 19 heavy (non-hydrogen) atoms. The van der Waals surface area contributed by atoms with E-state index in [-0.39, 0.29) is 0 Å². The summed E-state index contributed by atoms with van der Waals surface area (Å²) in [5.74, 6) is 0.973. The lowest BCUT2D eigenvalue weighted by atomic mass is 9.67. The highest BCUT2D eigenvalue weighted by atomic mass is 15.2. The van der Waals surface area contributed by atoms with E-state index in [1.807, 2.05) is 0 Å². The summed E-state index contributed by atoms with van der Waals surface area (Å²) < 4.78 is 0. The van der Waals surface area contributed by atoms with Crippen LogP contribution in [0.4, 0.5) is 0 Å². The Kier molecular flexibility index (Phi) is 6.11. The lowest BCUT2D eigenvalue weighted by Gasteiger charge is -2.40. The van der Waals surface area contributed by atoms with Crippen LogP contribution in [-0.2, 0) is 0 Å². The van der Waals surface area contributed by atoms with Crippen LogP contribution in [0, 0.1) is 11.3 Å². The van der Waals surface area contributed by atoms with E-state index in [4.69, 9.17) is 0 Å². The smallest absolute Gasteiger partial charge is 0.0107 e. The fraction of sp³-hybridized carbons (Fsp3) is 1.00. The molecule has 0 aromatic rings. The van der Waals surface area contributed by atoms with Crippen LogP contribution in [0.2, 0.25) is 0 Å². The van der Waals surface area contributed by atoms with E-state index in [1.165, 1.54) is 77.9 Å². The first kappa shape index (κ1) is 15.3.